The van der Waals surface area contributed by atoms with Crippen molar-refractivity contribution >= 4 is 11.8 Å². The minimum Gasteiger partial charge on any atom is -0.497 e. The summed E-state index contributed by atoms with van der Waals surface area (Å²) in [5.41, 5.74) is 2.00. The number of hydrogen-bond acceptors (Lipinski definition) is 4. The lowest BCUT2D eigenvalue weighted by molar-refractivity contribution is -0.141. The first kappa shape index (κ1) is 27.8. The van der Waals surface area contributed by atoms with Crippen LogP contribution in [0.3, 0.4) is 0 Å². The van der Waals surface area contributed by atoms with E-state index in [1.54, 1.807) is 12.0 Å². The summed E-state index contributed by atoms with van der Waals surface area (Å²) in [6.07, 6.45) is 1.28. The SMILES string of the molecule is COc1ccc(OCCCC(=O)N(Cc2ccccc2)[C@H](Cc2ccccc2)C(=O)NCC(C)C)cc1. The molecule has 0 aromatic heterocycles. The molecule has 0 saturated heterocycles. The van der Waals surface area contributed by atoms with E-state index in [1.165, 1.54) is 0 Å². The van der Waals surface area contributed by atoms with Crippen LogP contribution in [0, 0.1) is 5.92 Å². The van der Waals surface area contributed by atoms with Crippen molar-refractivity contribution in [1.82, 2.24) is 10.2 Å². The molecule has 0 unspecified atom stereocenters. The van der Waals surface area contributed by atoms with Crippen LogP contribution in [0.1, 0.15) is 37.8 Å². The van der Waals surface area contributed by atoms with E-state index >= 15 is 0 Å². The van der Waals surface area contributed by atoms with E-state index in [-0.39, 0.29) is 18.2 Å². The Labute approximate surface area is 220 Å². The second-order valence-electron chi connectivity index (χ2n) is 9.48. The first-order valence-electron chi connectivity index (χ1n) is 12.9. The fourth-order valence-corrected chi connectivity index (χ4v) is 3.99. The summed E-state index contributed by atoms with van der Waals surface area (Å²) in [4.78, 5) is 28.7. The molecule has 0 heterocycles. The van der Waals surface area contributed by atoms with E-state index in [4.69, 9.17) is 9.47 Å². The Balaban J connectivity index is 1.73. The maximum atomic E-state index is 13.6. The second-order valence-corrected chi connectivity index (χ2v) is 9.48. The van der Waals surface area contributed by atoms with E-state index < -0.39 is 6.04 Å². The van der Waals surface area contributed by atoms with E-state index in [2.05, 4.69) is 19.2 Å². The summed E-state index contributed by atoms with van der Waals surface area (Å²) in [7, 11) is 1.62. The molecule has 0 fully saturated rings. The molecule has 0 bridgehead atoms. The van der Waals surface area contributed by atoms with Crippen molar-refractivity contribution in [3.8, 4) is 11.5 Å². The number of carbonyl (C=O) groups is 2. The van der Waals surface area contributed by atoms with Crippen LogP contribution in [-0.2, 0) is 22.6 Å². The van der Waals surface area contributed by atoms with Gasteiger partial charge in [-0.2, -0.15) is 0 Å². The summed E-state index contributed by atoms with van der Waals surface area (Å²) in [6.45, 7) is 5.45. The molecule has 6 nitrogen and oxygen atoms in total. The Morgan fingerprint density at radius 3 is 2.03 bits per heavy atom. The van der Waals surface area contributed by atoms with Gasteiger partial charge >= 0.3 is 0 Å². The lowest BCUT2D eigenvalue weighted by Gasteiger charge is -2.32. The third-order valence-electron chi connectivity index (χ3n) is 6.01. The van der Waals surface area contributed by atoms with Gasteiger partial charge < -0.3 is 19.7 Å². The maximum Gasteiger partial charge on any atom is 0.243 e. The summed E-state index contributed by atoms with van der Waals surface area (Å²) in [5.74, 6) is 1.61. The molecule has 0 aliphatic rings. The number of rotatable bonds is 14. The van der Waals surface area contributed by atoms with E-state index in [1.807, 2.05) is 84.9 Å². The summed E-state index contributed by atoms with van der Waals surface area (Å²) >= 11 is 0. The lowest BCUT2D eigenvalue weighted by atomic mass is 10.0. The first-order chi connectivity index (χ1) is 18.0. The Hall–Kier alpha value is -3.80. The molecule has 6 heteroatoms. The number of hydrogen-bond donors (Lipinski definition) is 1. The van der Waals surface area contributed by atoms with Crippen molar-refractivity contribution in [3.63, 3.8) is 0 Å². The highest BCUT2D eigenvalue weighted by molar-refractivity contribution is 5.88. The van der Waals surface area contributed by atoms with Crippen molar-refractivity contribution in [3.05, 3.63) is 96.1 Å². The highest BCUT2D eigenvalue weighted by Gasteiger charge is 2.30. The van der Waals surface area contributed by atoms with E-state index in [0.29, 0.717) is 38.5 Å². The predicted molar refractivity (Wildman–Crippen MR) is 146 cm³/mol. The first-order valence-corrected chi connectivity index (χ1v) is 12.9. The van der Waals surface area contributed by atoms with Crippen LogP contribution in [0.4, 0.5) is 0 Å². The minimum absolute atomic E-state index is 0.0668. The maximum absolute atomic E-state index is 13.6. The molecule has 1 N–H and O–H groups in total. The van der Waals surface area contributed by atoms with Gasteiger partial charge in [-0.05, 0) is 47.7 Å². The summed E-state index contributed by atoms with van der Waals surface area (Å²) in [6, 6.07) is 26.4. The van der Waals surface area contributed by atoms with E-state index in [9.17, 15) is 9.59 Å². The Kier molecular flexibility index (Phi) is 11.0. The third kappa shape index (κ3) is 9.30. The van der Waals surface area contributed by atoms with Gasteiger partial charge in [-0.3, -0.25) is 9.59 Å². The molecule has 0 spiro atoms. The number of ether oxygens (including phenoxy) is 2. The number of carbonyl (C=O) groups excluding carboxylic acids is 2. The van der Waals surface area contributed by atoms with Gasteiger partial charge in [0.2, 0.25) is 11.8 Å². The number of nitrogens with zero attached hydrogens (tertiary/aromatic N) is 1. The molecule has 0 radical (unpaired) electrons. The van der Waals surface area contributed by atoms with Crippen LogP contribution in [0.15, 0.2) is 84.9 Å². The van der Waals surface area contributed by atoms with Crippen LogP contribution in [-0.4, -0.2) is 43.0 Å². The molecule has 1 atom stereocenters. The second kappa shape index (κ2) is 14.7. The third-order valence-corrected chi connectivity index (χ3v) is 6.01. The Morgan fingerprint density at radius 1 is 0.838 bits per heavy atom. The van der Waals surface area contributed by atoms with Gasteiger partial charge in [0.25, 0.3) is 0 Å². The number of methoxy groups -OCH3 is 1. The fourth-order valence-electron chi connectivity index (χ4n) is 3.99. The van der Waals surface area contributed by atoms with Crippen LogP contribution >= 0.6 is 0 Å². The van der Waals surface area contributed by atoms with Gasteiger partial charge in [0, 0.05) is 25.9 Å². The number of amides is 2. The zero-order valence-corrected chi connectivity index (χ0v) is 22.1. The molecule has 196 valence electrons. The van der Waals surface area contributed by atoms with Crippen LogP contribution in [0.5, 0.6) is 11.5 Å². The molecule has 2 amide bonds. The predicted octanol–water partition coefficient (Wildman–Crippen LogP) is 5.27. The van der Waals surface area contributed by atoms with Crippen LogP contribution in [0.2, 0.25) is 0 Å². The molecular weight excluding hydrogens is 464 g/mol. The Bertz CT molecular complexity index is 1090. The van der Waals surface area contributed by atoms with Gasteiger partial charge in [-0.25, -0.2) is 0 Å². The number of benzene rings is 3. The standard InChI is InChI=1S/C31H38N2O4/c1-24(2)22-32-31(35)29(21-25-11-6-4-7-12-25)33(23-26-13-8-5-9-14-26)30(34)15-10-20-37-28-18-16-27(36-3)17-19-28/h4-9,11-14,16-19,24,29H,10,15,20-23H2,1-3H3,(H,32,35)/t29-/m1/s1. The highest BCUT2D eigenvalue weighted by Crippen LogP contribution is 2.19. The quantitative estimate of drug-likeness (QED) is 0.305. The fraction of sp³-hybridized carbons (Fsp3) is 0.355. The van der Waals surface area contributed by atoms with Crippen molar-refractivity contribution in [2.75, 3.05) is 20.3 Å². The highest BCUT2D eigenvalue weighted by atomic mass is 16.5. The average Bonchev–Trinajstić information content (AvgIpc) is 2.93. The van der Waals surface area contributed by atoms with Gasteiger partial charge in [-0.1, -0.05) is 74.5 Å². The molecular formula is C31H38N2O4. The van der Waals surface area contributed by atoms with Crippen molar-refractivity contribution in [2.45, 2.75) is 45.7 Å². The molecule has 0 aliphatic carbocycles. The van der Waals surface area contributed by atoms with Gasteiger partial charge in [-0.15, -0.1) is 0 Å². The van der Waals surface area contributed by atoms with Gasteiger partial charge in [0.05, 0.1) is 13.7 Å². The van der Waals surface area contributed by atoms with Crippen molar-refractivity contribution in [1.29, 1.82) is 0 Å². The van der Waals surface area contributed by atoms with Gasteiger partial charge in [0.1, 0.15) is 17.5 Å². The molecule has 3 aromatic rings. The minimum atomic E-state index is -0.614. The molecule has 3 rings (SSSR count). The topological polar surface area (TPSA) is 67.9 Å². The number of nitrogens with one attached hydrogen (secondary N) is 1. The zero-order chi connectivity index (χ0) is 26.5. The monoisotopic (exact) mass is 502 g/mol. The van der Waals surface area contributed by atoms with Crippen LogP contribution < -0.4 is 14.8 Å². The largest absolute Gasteiger partial charge is 0.497 e. The lowest BCUT2D eigenvalue weighted by Crippen LogP contribution is -2.51. The molecule has 37 heavy (non-hydrogen) atoms. The summed E-state index contributed by atoms with van der Waals surface area (Å²) < 4.78 is 11.0. The van der Waals surface area contributed by atoms with Gasteiger partial charge in [0.15, 0.2) is 0 Å². The molecule has 0 aliphatic heterocycles. The van der Waals surface area contributed by atoms with E-state index in [0.717, 1.165) is 22.6 Å². The Morgan fingerprint density at radius 2 is 1.43 bits per heavy atom. The van der Waals surface area contributed by atoms with Crippen molar-refractivity contribution < 1.29 is 19.1 Å². The van der Waals surface area contributed by atoms with Crippen molar-refractivity contribution in [2.24, 2.45) is 5.92 Å². The van der Waals surface area contributed by atoms with Crippen LogP contribution in [0.25, 0.3) is 0 Å². The normalized spacial score (nSPS) is 11.6. The smallest absolute Gasteiger partial charge is 0.243 e. The molecule has 3 aromatic carbocycles. The average molecular weight is 503 g/mol. The zero-order valence-electron chi connectivity index (χ0n) is 22.1. The summed E-state index contributed by atoms with van der Waals surface area (Å²) in [5, 5.41) is 3.05. The molecule has 0 saturated carbocycles.